The van der Waals surface area contributed by atoms with Gasteiger partial charge in [-0.25, -0.2) is 4.79 Å². The van der Waals surface area contributed by atoms with Crippen molar-refractivity contribution in [2.24, 2.45) is 17.8 Å². The molecule has 0 amide bonds. The van der Waals surface area contributed by atoms with Gasteiger partial charge in [0.25, 0.3) is 0 Å². The fraction of sp³-hybridized carbons (Fsp3) is 0.583. The minimum Gasteiger partial charge on any atom is -0.543 e. The van der Waals surface area contributed by atoms with E-state index in [1.807, 2.05) is 25.1 Å². The fourth-order valence-corrected chi connectivity index (χ4v) is 8.89. The van der Waals surface area contributed by atoms with Crippen LogP contribution >= 0.6 is 0 Å². The average molecular weight is 575 g/mol. The normalized spacial score (nSPS) is 25.8. The van der Waals surface area contributed by atoms with Gasteiger partial charge in [0.05, 0.1) is 18.8 Å². The van der Waals surface area contributed by atoms with Crippen molar-refractivity contribution in [1.29, 1.82) is 0 Å². The lowest BCUT2D eigenvalue weighted by Gasteiger charge is -2.57. The lowest BCUT2D eigenvalue weighted by atomic mass is 9.48. The topological polar surface area (TPSA) is 55.8 Å². The number of carbonyl (C=O) groups excluding carboxylic acids is 1. The minimum absolute atomic E-state index is 0.0654. The molecule has 0 aliphatic heterocycles. The Morgan fingerprint density at radius 2 is 1.63 bits per heavy atom. The van der Waals surface area contributed by atoms with Crippen LogP contribution in [0.2, 0.25) is 18.1 Å². The number of benzene rings is 2. The second-order valence-electron chi connectivity index (χ2n) is 14.6. The number of allylic oxidation sites excluding steroid dienone is 1. The smallest absolute Gasteiger partial charge is 0.338 e. The van der Waals surface area contributed by atoms with Crippen LogP contribution < -0.4 is 4.43 Å². The third-order valence-electron chi connectivity index (χ3n) is 10.6. The molecule has 4 aliphatic carbocycles. The molecule has 0 radical (unpaired) electrons. The van der Waals surface area contributed by atoms with Crippen LogP contribution in [-0.2, 0) is 16.6 Å². The van der Waals surface area contributed by atoms with Crippen LogP contribution in [0.25, 0.3) is 5.57 Å². The van der Waals surface area contributed by atoms with Crippen LogP contribution in [0, 0.1) is 17.8 Å². The Bertz CT molecular complexity index is 1250. The van der Waals surface area contributed by atoms with Gasteiger partial charge in [-0.1, -0.05) is 51.1 Å². The zero-order valence-corrected chi connectivity index (χ0v) is 27.1. The van der Waals surface area contributed by atoms with Gasteiger partial charge in [0.1, 0.15) is 5.75 Å². The lowest BCUT2D eigenvalue weighted by Crippen LogP contribution is -2.49. The van der Waals surface area contributed by atoms with Crippen LogP contribution in [0.3, 0.4) is 0 Å². The summed E-state index contributed by atoms with van der Waals surface area (Å²) in [5, 5.41) is 10.3. The number of aliphatic hydroxyl groups excluding tert-OH is 1. The van der Waals surface area contributed by atoms with Crippen LogP contribution in [0.5, 0.6) is 5.75 Å². The summed E-state index contributed by atoms with van der Waals surface area (Å²) < 4.78 is 12.2. The molecule has 4 bridgehead atoms. The molecule has 0 unspecified atom stereocenters. The summed E-state index contributed by atoms with van der Waals surface area (Å²) >= 11 is 0. The molecule has 5 heteroatoms. The summed E-state index contributed by atoms with van der Waals surface area (Å²) in [5.41, 5.74) is 5.31. The second-order valence-corrected chi connectivity index (χ2v) is 19.3. The van der Waals surface area contributed by atoms with Gasteiger partial charge in [-0.3, -0.25) is 0 Å². The number of hydrogen-bond donors (Lipinski definition) is 1. The SMILES string of the molecule is CCOC(=O)c1cccc(C(=CCCc2ccc(O[Si](C)(C)C(C)(C)C)c(C34CC5CC(CC(C5)C3)C4)c2)CO)c1. The molecule has 2 aromatic rings. The van der Waals surface area contributed by atoms with Gasteiger partial charge >= 0.3 is 5.97 Å². The minimum atomic E-state index is -1.98. The first-order valence-corrected chi connectivity index (χ1v) is 18.7. The van der Waals surface area contributed by atoms with Crippen LogP contribution in [0.15, 0.2) is 48.5 Å². The molecule has 1 N–H and O–H groups in total. The monoisotopic (exact) mass is 574 g/mol. The number of ether oxygens (including phenoxy) is 1. The number of hydrogen-bond acceptors (Lipinski definition) is 4. The largest absolute Gasteiger partial charge is 0.543 e. The van der Waals surface area contributed by atoms with E-state index >= 15 is 0 Å². The predicted molar refractivity (Wildman–Crippen MR) is 170 cm³/mol. The highest BCUT2D eigenvalue weighted by Crippen LogP contribution is 2.62. The van der Waals surface area contributed by atoms with Gasteiger partial charge in [0, 0.05) is 0 Å². The first-order chi connectivity index (χ1) is 19.4. The van der Waals surface area contributed by atoms with E-state index in [-0.39, 0.29) is 23.0 Å². The maximum absolute atomic E-state index is 12.2. The molecule has 0 atom stereocenters. The highest BCUT2D eigenvalue weighted by atomic mass is 28.4. The van der Waals surface area contributed by atoms with Crippen molar-refractivity contribution < 1.29 is 19.1 Å². The molecular weight excluding hydrogens is 524 g/mol. The van der Waals surface area contributed by atoms with Gasteiger partial charge in [0.15, 0.2) is 0 Å². The zero-order chi connectivity index (χ0) is 29.4. The van der Waals surface area contributed by atoms with Crippen molar-refractivity contribution in [3.8, 4) is 5.75 Å². The summed E-state index contributed by atoms with van der Waals surface area (Å²) in [7, 11) is -1.98. The summed E-state index contributed by atoms with van der Waals surface area (Å²) in [6.07, 6.45) is 12.1. The Hall–Kier alpha value is -2.37. The molecule has 0 spiro atoms. The first kappa shape index (κ1) is 30.1. The van der Waals surface area contributed by atoms with E-state index in [2.05, 4.69) is 58.1 Å². The second kappa shape index (κ2) is 11.7. The van der Waals surface area contributed by atoms with Crippen molar-refractivity contribution in [1.82, 2.24) is 0 Å². The fourth-order valence-electron chi connectivity index (χ4n) is 7.85. The van der Waals surface area contributed by atoms with Crippen molar-refractivity contribution in [3.05, 3.63) is 70.8 Å². The standard InChI is InChI=1S/C36H50O4Si/c1-7-39-34(38)30-12-9-11-29(20-30)31(24-37)13-8-10-25-14-15-33(40-41(5,6)35(2,3)4)32(19-25)36-21-26-16-27(22-36)18-28(17-26)23-36/h9,11-15,19-20,26-28,37H,7-8,10,16-18,21-24H2,1-6H3. The average Bonchev–Trinajstić information content (AvgIpc) is 2.90. The Balaban J connectivity index is 1.40. The van der Waals surface area contributed by atoms with Crippen molar-refractivity contribution in [3.63, 3.8) is 0 Å². The number of rotatable bonds is 10. The Morgan fingerprint density at radius 3 is 2.22 bits per heavy atom. The zero-order valence-electron chi connectivity index (χ0n) is 26.1. The third kappa shape index (κ3) is 6.36. The van der Waals surface area contributed by atoms with Gasteiger partial charge in [-0.15, -0.1) is 0 Å². The summed E-state index contributed by atoms with van der Waals surface area (Å²) in [5.74, 6) is 3.46. The third-order valence-corrected chi connectivity index (χ3v) is 14.9. The number of carbonyl (C=O) groups is 1. The van der Waals surface area contributed by atoms with E-state index in [4.69, 9.17) is 9.16 Å². The lowest BCUT2D eigenvalue weighted by molar-refractivity contribution is -0.00589. The number of aliphatic hydroxyl groups is 1. The highest BCUT2D eigenvalue weighted by Gasteiger charge is 2.53. The van der Waals surface area contributed by atoms with Gasteiger partial charge in [-0.05, 0) is 140 Å². The van der Waals surface area contributed by atoms with Gasteiger partial charge < -0.3 is 14.3 Å². The maximum atomic E-state index is 12.2. The molecule has 4 fully saturated rings. The molecule has 41 heavy (non-hydrogen) atoms. The van der Waals surface area contributed by atoms with Crippen LogP contribution in [0.1, 0.15) is 99.7 Å². The number of esters is 1. The predicted octanol–water partition coefficient (Wildman–Crippen LogP) is 8.72. The Labute approximate surface area is 248 Å². The van der Waals surface area contributed by atoms with E-state index in [9.17, 15) is 9.90 Å². The highest BCUT2D eigenvalue weighted by molar-refractivity contribution is 6.74. The van der Waals surface area contributed by atoms with Crippen molar-refractivity contribution in [2.45, 2.75) is 103 Å². The quantitative estimate of drug-likeness (QED) is 0.228. The summed E-state index contributed by atoms with van der Waals surface area (Å²) in [6, 6.07) is 14.4. The molecule has 0 heterocycles. The maximum Gasteiger partial charge on any atom is 0.338 e. The Kier molecular flexibility index (Phi) is 8.60. The van der Waals surface area contributed by atoms with E-state index in [0.717, 1.165) is 47.5 Å². The van der Waals surface area contributed by atoms with E-state index in [0.29, 0.717) is 12.2 Å². The summed E-state index contributed by atoms with van der Waals surface area (Å²) in [6.45, 7) is 13.8. The molecule has 0 saturated heterocycles. The van der Waals surface area contributed by atoms with E-state index in [1.165, 1.54) is 49.7 Å². The van der Waals surface area contributed by atoms with Crippen molar-refractivity contribution in [2.75, 3.05) is 13.2 Å². The van der Waals surface area contributed by atoms with Gasteiger partial charge in [-0.2, -0.15) is 0 Å². The molecule has 2 aromatic carbocycles. The molecular formula is C36H50O4Si. The van der Waals surface area contributed by atoms with E-state index in [1.54, 1.807) is 6.07 Å². The molecule has 6 rings (SSSR count). The molecule has 4 saturated carbocycles. The Morgan fingerprint density at radius 1 is 1.00 bits per heavy atom. The number of aryl methyl sites for hydroxylation is 1. The van der Waals surface area contributed by atoms with Gasteiger partial charge in [0.2, 0.25) is 8.32 Å². The van der Waals surface area contributed by atoms with Crippen LogP contribution in [0.4, 0.5) is 0 Å². The van der Waals surface area contributed by atoms with E-state index < -0.39 is 8.32 Å². The van der Waals surface area contributed by atoms with Crippen LogP contribution in [-0.4, -0.2) is 32.6 Å². The molecule has 0 aromatic heterocycles. The molecule has 4 aliphatic rings. The summed E-state index contributed by atoms with van der Waals surface area (Å²) in [4.78, 5) is 12.2. The molecule has 4 nitrogen and oxygen atoms in total. The molecule has 222 valence electrons. The first-order valence-electron chi connectivity index (χ1n) is 15.8. The van der Waals surface area contributed by atoms with Crippen molar-refractivity contribution >= 4 is 19.9 Å².